The van der Waals surface area contributed by atoms with Crippen LogP contribution in [-0.4, -0.2) is 23.2 Å². The van der Waals surface area contributed by atoms with Crippen LogP contribution in [0.1, 0.15) is 12.5 Å². The lowest BCUT2D eigenvalue weighted by molar-refractivity contribution is -0.137. The lowest BCUT2D eigenvalue weighted by Gasteiger charge is -2.13. The van der Waals surface area contributed by atoms with Crippen LogP contribution in [0.3, 0.4) is 0 Å². The van der Waals surface area contributed by atoms with Crippen molar-refractivity contribution in [3.63, 3.8) is 0 Å². The van der Waals surface area contributed by atoms with Gasteiger partial charge in [-0.1, -0.05) is 6.92 Å². The number of rotatable bonds is 4. The van der Waals surface area contributed by atoms with E-state index in [4.69, 9.17) is 8.94 Å². The fourth-order valence-electron chi connectivity index (χ4n) is 2.38. The van der Waals surface area contributed by atoms with Crippen molar-refractivity contribution in [3.8, 4) is 11.5 Å². The minimum absolute atomic E-state index is 0.00879. The number of oxazole rings is 1. The van der Waals surface area contributed by atoms with E-state index in [0.29, 0.717) is 22.6 Å². The van der Waals surface area contributed by atoms with Gasteiger partial charge in [-0.3, -0.25) is 9.55 Å². The Labute approximate surface area is 141 Å². The van der Waals surface area contributed by atoms with Crippen molar-refractivity contribution in [1.29, 1.82) is 0 Å². The number of aromatic nitrogens is 2. The van der Waals surface area contributed by atoms with Crippen molar-refractivity contribution in [1.82, 2.24) is 9.97 Å². The lowest BCUT2D eigenvalue weighted by Crippen LogP contribution is -2.07. The van der Waals surface area contributed by atoms with E-state index < -0.39 is 19.1 Å². The highest BCUT2D eigenvalue weighted by atomic mass is 31.2. The van der Waals surface area contributed by atoms with Gasteiger partial charge in [0, 0.05) is 31.0 Å². The maximum absolute atomic E-state index is 12.8. The number of pyridine rings is 1. The van der Waals surface area contributed by atoms with E-state index in [2.05, 4.69) is 9.97 Å². The van der Waals surface area contributed by atoms with Crippen molar-refractivity contribution < 1.29 is 26.7 Å². The van der Waals surface area contributed by atoms with Gasteiger partial charge in [-0.05, 0) is 24.3 Å². The van der Waals surface area contributed by atoms with Crippen molar-refractivity contribution in [2.45, 2.75) is 13.1 Å². The molecule has 132 valence electrons. The Morgan fingerprint density at radius 2 is 2.00 bits per heavy atom. The summed E-state index contributed by atoms with van der Waals surface area (Å²) in [5, 5.41) is 0.479. The molecule has 3 aromatic rings. The first kappa shape index (κ1) is 17.6. The first-order chi connectivity index (χ1) is 11.8. The van der Waals surface area contributed by atoms with E-state index in [1.165, 1.54) is 13.3 Å². The molecule has 0 aliphatic heterocycles. The Kier molecular flexibility index (Phi) is 4.43. The predicted octanol–water partition coefficient (Wildman–Crippen LogP) is 4.48. The van der Waals surface area contributed by atoms with Crippen molar-refractivity contribution in [2.75, 3.05) is 13.3 Å². The highest BCUT2D eigenvalue weighted by molar-refractivity contribution is 7.66. The number of hydrogen-bond donors (Lipinski definition) is 0. The van der Waals surface area contributed by atoms with Gasteiger partial charge < -0.3 is 8.94 Å². The Balaban J connectivity index is 2.07. The molecule has 5 nitrogen and oxygen atoms in total. The second-order valence-electron chi connectivity index (χ2n) is 5.30. The van der Waals surface area contributed by atoms with Gasteiger partial charge in [0.25, 0.3) is 0 Å². The summed E-state index contributed by atoms with van der Waals surface area (Å²) in [4.78, 5) is 7.79. The molecule has 1 atom stereocenters. The zero-order chi connectivity index (χ0) is 18.2. The van der Waals surface area contributed by atoms with Crippen LogP contribution in [0.2, 0.25) is 0 Å². The zero-order valence-corrected chi connectivity index (χ0v) is 14.3. The number of alkyl halides is 3. The highest BCUT2D eigenvalue weighted by Gasteiger charge is 2.31. The van der Waals surface area contributed by atoms with Gasteiger partial charge >= 0.3 is 6.18 Å². The summed E-state index contributed by atoms with van der Waals surface area (Å²) >= 11 is 0. The fourth-order valence-corrected chi connectivity index (χ4v) is 3.84. The molecule has 3 rings (SSSR count). The van der Waals surface area contributed by atoms with Gasteiger partial charge in [0.1, 0.15) is 5.52 Å². The summed E-state index contributed by atoms with van der Waals surface area (Å²) in [6, 6.07) is 5.67. The molecule has 2 aromatic heterocycles. The maximum Gasteiger partial charge on any atom is 0.417 e. The molecule has 9 heteroatoms. The molecular formula is C16H14F3N2O3P. The van der Waals surface area contributed by atoms with Crippen molar-refractivity contribution in [3.05, 3.63) is 42.2 Å². The monoisotopic (exact) mass is 370 g/mol. The number of halogens is 3. The van der Waals surface area contributed by atoms with Crippen LogP contribution in [0, 0.1) is 0 Å². The zero-order valence-electron chi connectivity index (χ0n) is 13.4. The SMILES string of the molecule is CCP(=O)(OC)c1ccc2oc(-c3cncc(C(F)(F)F)c3)nc2c1. The predicted molar refractivity (Wildman–Crippen MR) is 87.0 cm³/mol. The average molecular weight is 370 g/mol. The summed E-state index contributed by atoms with van der Waals surface area (Å²) in [5.74, 6) is 0.00879. The van der Waals surface area contributed by atoms with Gasteiger partial charge in [-0.25, -0.2) is 4.98 Å². The van der Waals surface area contributed by atoms with Gasteiger partial charge in [-0.2, -0.15) is 13.2 Å². The number of nitrogens with zero attached hydrogens (tertiary/aromatic N) is 2. The molecule has 25 heavy (non-hydrogen) atoms. The number of benzene rings is 1. The Hall–Kier alpha value is -2.18. The summed E-state index contributed by atoms with van der Waals surface area (Å²) in [6.07, 6.45) is -2.21. The molecule has 0 radical (unpaired) electrons. The number of hydrogen-bond acceptors (Lipinski definition) is 5. The molecule has 0 N–H and O–H groups in total. The van der Waals surface area contributed by atoms with Crippen LogP contribution in [0.25, 0.3) is 22.6 Å². The summed E-state index contributed by atoms with van der Waals surface area (Å²) in [5.41, 5.74) is -0.0219. The quantitative estimate of drug-likeness (QED) is 0.634. The third-order valence-electron chi connectivity index (χ3n) is 3.79. The van der Waals surface area contributed by atoms with E-state index in [1.54, 1.807) is 25.1 Å². The largest absolute Gasteiger partial charge is 0.436 e. The second-order valence-corrected chi connectivity index (χ2v) is 8.16. The summed E-state index contributed by atoms with van der Waals surface area (Å²) < 4.78 is 61.7. The summed E-state index contributed by atoms with van der Waals surface area (Å²) in [6.45, 7) is 1.75. The van der Waals surface area contributed by atoms with E-state index in [1.807, 2.05) is 0 Å². The first-order valence-electron chi connectivity index (χ1n) is 7.35. The highest BCUT2D eigenvalue weighted by Crippen LogP contribution is 2.44. The minimum Gasteiger partial charge on any atom is -0.436 e. The van der Waals surface area contributed by atoms with Crippen LogP contribution in [0.15, 0.2) is 41.1 Å². The maximum atomic E-state index is 12.8. The van der Waals surface area contributed by atoms with Gasteiger partial charge in [-0.15, -0.1) is 0 Å². The molecular weight excluding hydrogens is 356 g/mol. The smallest absolute Gasteiger partial charge is 0.417 e. The molecule has 0 saturated heterocycles. The normalized spacial score (nSPS) is 14.6. The molecule has 0 fully saturated rings. The summed E-state index contributed by atoms with van der Waals surface area (Å²) in [7, 11) is -1.60. The third kappa shape index (κ3) is 3.32. The van der Waals surface area contributed by atoms with Crippen LogP contribution in [0.5, 0.6) is 0 Å². The van der Waals surface area contributed by atoms with Crippen LogP contribution in [-0.2, 0) is 15.3 Å². The molecule has 0 spiro atoms. The molecule has 0 aliphatic carbocycles. The van der Waals surface area contributed by atoms with Gasteiger partial charge in [0.05, 0.1) is 11.1 Å². The topological polar surface area (TPSA) is 65.2 Å². The standard InChI is InChI=1S/C16H14F3N2O3P/c1-3-25(22,23-2)12-4-5-14-13(7-12)21-15(24-14)10-6-11(9-20-8-10)16(17,18)19/h4-9H,3H2,1-2H3. The van der Waals surface area contributed by atoms with E-state index in [-0.39, 0.29) is 11.5 Å². The molecule has 0 aliphatic rings. The van der Waals surface area contributed by atoms with Gasteiger partial charge in [0.2, 0.25) is 13.3 Å². The van der Waals surface area contributed by atoms with E-state index in [9.17, 15) is 17.7 Å². The van der Waals surface area contributed by atoms with E-state index >= 15 is 0 Å². The molecule has 1 unspecified atom stereocenters. The van der Waals surface area contributed by atoms with Crippen LogP contribution >= 0.6 is 7.37 Å². The molecule has 0 amide bonds. The van der Waals surface area contributed by atoms with Gasteiger partial charge in [0.15, 0.2) is 5.58 Å². The molecule has 2 heterocycles. The van der Waals surface area contributed by atoms with E-state index in [0.717, 1.165) is 12.3 Å². The Morgan fingerprint density at radius 3 is 2.64 bits per heavy atom. The Bertz CT molecular complexity index is 961. The van der Waals surface area contributed by atoms with Crippen molar-refractivity contribution >= 4 is 23.8 Å². The molecule has 0 bridgehead atoms. The van der Waals surface area contributed by atoms with Crippen LogP contribution < -0.4 is 5.30 Å². The fraction of sp³-hybridized carbons (Fsp3) is 0.250. The average Bonchev–Trinajstić information content (AvgIpc) is 3.03. The van der Waals surface area contributed by atoms with Crippen molar-refractivity contribution in [2.24, 2.45) is 0 Å². The first-order valence-corrected chi connectivity index (χ1v) is 9.16. The molecule has 1 aromatic carbocycles. The Morgan fingerprint density at radius 1 is 1.24 bits per heavy atom. The molecule has 0 saturated carbocycles. The lowest BCUT2D eigenvalue weighted by atomic mass is 10.2. The number of fused-ring (bicyclic) bond motifs is 1. The van der Waals surface area contributed by atoms with Crippen LogP contribution in [0.4, 0.5) is 13.2 Å². The second kappa shape index (κ2) is 6.28. The minimum atomic E-state index is -4.51. The third-order valence-corrected chi connectivity index (χ3v) is 6.28.